The molecule has 1 spiro atoms. The minimum Gasteiger partial charge on any atom is -0.456 e. The summed E-state index contributed by atoms with van der Waals surface area (Å²) < 4.78 is 6.50. The van der Waals surface area contributed by atoms with Crippen molar-refractivity contribution in [3.63, 3.8) is 0 Å². The molecule has 0 unspecified atom stereocenters. The van der Waals surface area contributed by atoms with E-state index in [9.17, 15) is 0 Å². The Kier molecular flexibility index (Phi) is 7.70. The number of anilines is 3. The molecular weight excluding hydrogens is 799 g/mol. The van der Waals surface area contributed by atoms with Gasteiger partial charge in [-0.2, -0.15) is 0 Å². The summed E-state index contributed by atoms with van der Waals surface area (Å²) in [6.45, 7) is 4.71. The topological polar surface area (TPSA) is 16.4 Å². The Hall–Kier alpha value is -8.20. The molecule has 2 heteroatoms. The molecule has 1 heterocycles. The Balaban J connectivity index is 0.954. The first-order valence-electron chi connectivity index (χ1n) is 23.1. The summed E-state index contributed by atoms with van der Waals surface area (Å²) in [5.41, 5.74) is 25.0. The first kappa shape index (κ1) is 37.2. The maximum absolute atomic E-state index is 6.50. The van der Waals surface area contributed by atoms with Gasteiger partial charge < -0.3 is 9.32 Å². The lowest BCUT2D eigenvalue weighted by Crippen LogP contribution is -2.29. The number of fused-ring (bicyclic) bond motifs is 18. The van der Waals surface area contributed by atoms with Crippen LogP contribution in [0, 0.1) is 0 Å². The summed E-state index contributed by atoms with van der Waals surface area (Å²) in [4.78, 5) is 2.39. The highest BCUT2D eigenvalue weighted by Crippen LogP contribution is 2.62. The van der Waals surface area contributed by atoms with Gasteiger partial charge in [0.05, 0.1) is 5.41 Å². The zero-order valence-electron chi connectivity index (χ0n) is 36.7. The highest BCUT2D eigenvalue weighted by molar-refractivity contribution is 6.06. The molecule has 3 aliphatic rings. The zero-order chi connectivity index (χ0) is 43.7. The van der Waals surface area contributed by atoms with Crippen molar-refractivity contribution < 1.29 is 4.42 Å². The van der Waals surface area contributed by atoms with Gasteiger partial charge >= 0.3 is 0 Å². The Morgan fingerprint density at radius 1 is 0.303 bits per heavy atom. The van der Waals surface area contributed by atoms with Crippen LogP contribution in [0.1, 0.15) is 47.2 Å². The molecule has 11 aromatic rings. The van der Waals surface area contributed by atoms with Crippen LogP contribution in [0.25, 0.3) is 77.6 Å². The van der Waals surface area contributed by atoms with E-state index in [1.165, 1.54) is 89.0 Å². The number of para-hydroxylation sites is 1. The fourth-order valence-corrected chi connectivity index (χ4v) is 12.2. The van der Waals surface area contributed by atoms with E-state index in [1.807, 2.05) is 6.07 Å². The van der Waals surface area contributed by atoms with Crippen molar-refractivity contribution in [3.8, 4) is 55.6 Å². The van der Waals surface area contributed by atoms with Crippen molar-refractivity contribution in [2.45, 2.75) is 24.7 Å². The smallest absolute Gasteiger partial charge is 0.137 e. The van der Waals surface area contributed by atoms with E-state index in [0.29, 0.717) is 0 Å². The molecule has 0 bridgehead atoms. The second kappa shape index (κ2) is 13.7. The third-order valence-corrected chi connectivity index (χ3v) is 15.1. The first-order valence-corrected chi connectivity index (χ1v) is 23.1. The van der Waals surface area contributed by atoms with E-state index >= 15 is 0 Å². The van der Waals surface area contributed by atoms with Gasteiger partial charge in [-0.25, -0.2) is 0 Å². The predicted molar refractivity (Wildman–Crippen MR) is 273 cm³/mol. The van der Waals surface area contributed by atoms with Gasteiger partial charge in [-0.1, -0.05) is 184 Å². The average Bonchev–Trinajstić information content (AvgIpc) is 3.94. The summed E-state index contributed by atoms with van der Waals surface area (Å²) in [5.74, 6) is 0. The SMILES string of the molecule is CC1(C)c2ccccc2-c2ccc(N(c3ccc(-c4ccc5c(c4)C4(c6ccccc6-c6ccccc6-5)c5ccccc5-c5ccccc54)cc3)c3ccc4c(c3)oc3ccccc34)cc21. The Morgan fingerprint density at radius 3 is 1.41 bits per heavy atom. The molecule has 0 atom stereocenters. The standard InChI is InChI=1S/C64H43NO/c1-63(2)55-22-10-5-18-48(55)52-35-32-43(38-59(52)63)65(44-33-36-54-53-21-9-14-26-61(53)66-62(54)39-44)42-30-27-40(28-31-42)41-29-34-51-46-16-4-3-15-45(46)47-17-6-11-23-56(47)64(60(51)37-41)57-24-12-7-19-49(57)50-20-8-13-25-58(50)64/h3-39H,1-2H3. The lowest BCUT2D eigenvalue weighted by molar-refractivity contribution is 0.660. The highest BCUT2D eigenvalue weighted by atomic mass is 16.3. The van der Waals surface area contributed by atoms with Crippen LogP contribution >= 0.6 is 0 Å². The van der Waals surface area contributed by atoms with Gasteiger partial charge in [0.2, 0.25) is 0 Å². The molecule has 0 radical (unpaired) electrons. The van der Waals surface area contributed by atoms with E-state index < -0.39 is 5.41 Å². The zero-order valence-corrected chi connectivity index (χ0v) is 36.7. The Morgan fingerprint density at radius 2 is 0.742 bits per heavy atom. The minimum absolute atomic E-state index is 0.135. The molecule has 0 saturated carbocycles. The van der Waals surface area contributed by atoms with Crippen molar-refractivity contribution in [2.24, 2.45) is 0 Å². The maximum Gasteiger partial charge on any atom is 0.137 e. The first-order chi connectivity index (χ1) is 32.5. The molecule has 0 saturated heterocycles. The van der Waals surface area contributed by atoms with Crippen LogP contribution in [0.15, 0.2) is 229 Å². The number of rotatable bonds is 4. The fraction of sp³-hybridized carbons (Fsp3) is 0.0625. The van der Waals surface area contributed by atoms with Gasteiger partial charge in [0.25, 0.3) is 0 Å². The molecule has 14 rings (SSSR count). The molecule has 0 N–H and O–H groups in total. The van der Waals surface area contributed by atoms with Crippen LogP contribution in [0.2, 0.25) is 0 Å². The van der Waals surface area contributed by atoms with Crippen molar-refractivity contribution in [2.75, 3.05) is 4.90 Å². The van der Waals surface area contributed by atoms with Crippen LogP contribution in [-0.4, -0.2) is 0 Å². The van der Waals surface area contributed by atoms with Gasteiger partial charge in [-0.3, -0.25) is 0 Å². The number of hydrogen-bond acceptors (Lipinski definition) is 2. The highest BCUT2D eigenvalue weighted by Gasteiger charge is 2.49. The normalized spacial score (nSPS) is 14.2. The van der Waals surface area contributed by atoms with Crippen LogP contribution < -0.4 is 4.90 Å². The molecule has 0 amide bonds. The van der Waals surface area contributed by atoms with E-state index in [1.54, 1.807) is 0 Å². The summed E-state index contributed by atoms with van der Waals surface area (Å²) >= 11 is 0. The second-order valence-corrected chi connectivity index (χ2v) is 18.8. The van der Waals surface area contributed by atoms with E-state index in [4.69, 9.17) is 4.42 Å². The van der Waals surface area contributed by atoms with E-state index in [2.05, 4.69) is 237 Å². The second-order valence-electron chi connectivity index (χ2n) is 18.8. The Labute approximate surface area is 384 Å². The predicted octanol–water partition coefficient (Wildman–Crippen LogP) is 17.0. The fourth-order valence-electron chi connectivity index (χ4n) is 12.2. The van der Waals surface area contributed by atoms with E-state index in [0.717, 1.165) is 39.0 Å². The molecule has 310 valence electrons. The maximum atomic E-state index is 6.50. The van der Waals surface area contributed by atoms with Gasteiger partial charge in [0.1, 0.15) is 11.2 Å². The third kappa shape index (κ3) is 5.01. The van der Waals surface area contributed by atoms with Crippen molar-refractivity contribution in [1.82, 2.24) is 0 Å². The summed E-state index contributed by atoms with van der Waals surface area (Å²) in [5, 5.41) is 2.25. The summed E-state index contributed by atoms with van der Waals surface area (Å²) in [6, 6.07) is 83.5. The molecule has 66 heavy (non-hydrogen) atoms. The molecule has 10 aromatic carbocycles. The van der Waals surface area contributed by atoms with Crippen LogP contribution in [0.5, 0.6) is 0 Å². The molecule has 2 nitrogen and oxygen atoms in total. The largest absolute Gasteiger partial charge is 0.456 e. The summed E-state index contributed by atoms with van der Waals surface area (Å²) in [7, 11) is 0. The van der Waals surface area contributed by atoms with Crippen LogP contribution in [0.4, 0.5) is 17.1 Å². The quantitative estimate of drug-likeness (QED) is 0.176. The lowest BCUT2D eigenvalue weighted by atomic mass is 9.65. The van der Waals surface area contributed by atoms with Crippen molar-refractivity contribution in [1.29, 1.82) is 0 Å². The number of hydrogen-bond donors (Lipinski definition) is 0. The number of furan rings is 1. The Bertz CT molecular complexity index is 3760. The molecule has 1 aromatic heterocycles. The minimum atomic E-state index is -0.527. The molecule has 3 aliphatic carbocycles. The monoisotopic (exact) mass is 841 g/mol. The number of nitrogens with zero attached hydrogens (tertiary/aromatic N) is 1. The third-order valence-electron chi connectivity index (χ3n) is 15.1. The average molecular weight is 842 g/mol. The van der Waals surface area contributed by atoms with Crippen LogP contribution in [0.3, 0.4) is 0 Å². The summed E-state index contributed by atoms with van der Waals surface area (Å²) in [6.07, 6.45) is 0. The van der Waals surface area contributed by atoms with Crippen LogP contribution in [-0.2, 0) is 10.8 Å². The van der Waals surface area contributed by atoms with Gasteiger partial charge in [-0.05, 0) is 138 Å². The lowest BCUT2D eigenvalue weighted by Gasteiger charge is -2.35. The van der Waals surface area contributed by atoms with Crippen molar-refractivity contribution in [3.05, 3.63) is 258 Å². The van der Waals surface area contributed by atoms with Gasteiger partial charge in [0, 0.05) is 39.3 Å². The molecule has 0 fully saturated rings. The van der Waals surface area contributed by atoms with Crippen molar-refractivity contribution >= 4 is 39.0 Å². The van der Waals surface area contributed by atoms with Gasteiger partial charge in [0.15, 0.2) is 0 Å². The molecular formula is C64H43NO. The molecule has 0 aliphatic heterocycles. The van der Waals surface area contributed by atoms with E-state index in [-0.39, 0.29) is 5.41 Å². The number of benzene rings is 10. The van der Waals surface area contributed by atoms with Gasteiger partial charge in [-0.15, -0.1) is 0 Å².